The van der Waals surface area contributed by atoms with Crippen LogP contribution in [0.5, 0.6) is 0 Å². The van der Waals surface area contributed by atoms with E-state index in [1.807, 2.05) is 7.11 Å². The molecular formula is C16H32N2O. The third kappa shape index (κ3) is 3.32. The lowest BCUT2D eigenvalue weighted by Crippen LogP contribution is -2.59. The van der Waals surface area contributed by atoms with Gasteiger partial charge in [-0.3, -0.25) is 4.90 Å². The van der Waals surface area contributed by atoms with Gasteiger partial charge in [0.2, 0.25) is 0 Å². The summed E-state index contributed by atoms with van der Waals surface area (Å²) >= 11 is 0. The zero-order chi connectivity index (χ0) is 13.9. The Labute approximate surface area is 118 Å². The van der Waals surface area contributed by atoms with Gasteiger partial charge in [0, 0.05) is 13.7 Å². The molecule has 2 atom stereocenters. The summed E-state index contributed by atoms with van der Waals surface area (Å²) in [6.07, 6.45) is 6.71. The van der Waals surface area contributed by atoms with E-state index in [0.29, 0.717) is 0 Å². The molecule has 3 heteroatoms. The van der Waals surface area contributed by atoms with Crippen molar-refractivity contribution in [2.75, 3.05) is 33.4 Å². The van der Waals surface area contributed by atoms with Crippen molar-refractivity contribution >= 4 is 0 Å². The predicted octanol–water partition coefficient (Wildman–Crippen LogP) is 2.50. The lowest BCUT2D eigenvalue weighted by molar-refractivity contribution is 0.000167. The SMILES string of the molecule is COCC(CN)(C1CC1)N1CCCC(C(C)C)CC1. The monoisotopic (exact) mass is 268 g/mol. The van der Waals surface area contributed by atoms with Crippen LogP contribution in [-0.2, 0) is 4.74 Å². The fraction of sp³-hybridized carbons (Fsp3) is 1.00. The first-order valence-electron chi connectivity index (χ1n) is 8.08. The van der Waals surface area contributed by atoms with E-state index in [4.69, 9.17) is 10.5 Å². The quantitative estimate of drug-likeness (QED) is 0.804. The molecule has 2 N–H and O–H groups in total. The maximum Gasteiger partial charge on any atom is 0.0661 e. The van der Waals surface area contributed by atoms with E-state index in [0.717, 1.165) is 30.9 Å². The Kier molecular flexibility index (Phi) is 5.27. The van der Waals surface area contributed by atoms with E-state index >= 15 is 0 Å². The van der Waals surface area contributed by atoms with Crippen LogP contribution < -0.4 is 5.73 Å². The Morgan fingerprint density at radius 3 is 2.47 bits per heavy atom. The van der Waals surface area contributed by atoms with E-state index in [1.54, 1.807) is 0 Å². The Hall–Kier alpha value is -0.120. The van der Waals surface area contributed by atoms with Crippen molar-refractivity contribution in [1.82, 2.24) is 4.90 Å². The molecule has 19 heavy (non-hydrogen) atoms. The normalized spacial score (nSPS) is 29.2. The minimum Gasteiger partial charge on any atom is -0.383 e. The number of hydrogen-bond acceptors (Lipinski definition) is 3. The molecule has 2 fully saturated rings. The molecule has 2 aliphatic rings. The summed E-state index contributed by atoms with van der Waals surface area (Å²) in [6.45, 7) is 8.71. The summed E-state index contributed by atoms with van der Waals surface area (Å²) in [4.78, 5) is 2.68. The van der Waals surface area contributed by atoms with Crippen LogP contribution in [0.1, 0.15) is 46.0 Å². The summed E-state index contributed by atoms with van der Waals surface area (Å²) in [5, 5.41) is 0. The van der Waals surface area contributed by atoms with Gasteiger partial charge >= 0.3 is 0 Å². The number of nitrogens with zero attached hydrogens (tertiary/aromatic N) is 1. The largest absolute Gasteiger partial charge is 0.383 e. The number of likely N-dealkylation sites (tertiary alicyclic amines) is 1. The molecule has 0 amide bonds. The van der Waals surface area contributed by atoms with Crippen molar-refractivity contribution < 1.29 is 4.74 Å². The molecule has 0 radical (unpaired) electrons. The molecule has 1 saturated heterocycles. The third-order valence-electron chi connectivity index (χ3n) is 5.43. The average Bonchev–Trinajstić information content (AvgIpc) is 3.21. The van der Waals surface area contributed by atoms with E-state index in [2.05, 4.69) is 18.7 Å². The minimum absolute atomic E-state index is 0.126. The first-order valence-corrected chi connectivity index (χ1v) is 8.08. The average molecular weight is 268 g/mol. The first kappa shape index (κ1) is 15.3. The van der Waals surface area contributed by atoms with Gasteiger partial charge in [-0.25, -0.2) is 0 Å². The molecule has 0 bridgehead atoms. The van der Waals surface area contributed by atoms with E-state index < -0.39 is 0 Å². The zero-order valence-corrected chi connectivity index (χ0v) is 13.0. The van der Waals surface area contributed by atoms with Crippen LogP contribution in [0.4, 0.5) is 0 Å². The number of hydrogen-bond donors (Lipinski definition) is 1. The van der Waals surface area contributed by atoms with Crippen LogP contribution in [0.15, 0.2) is 0 Å². The summed E-state index contributed by atoms with van der Waals surface area (Å²) < 4.78 is 5.55. The van der Waals surface area contributed by atoms with E-state index in [9.17, 15) is 0 Å². The second-order valence-corrected chi connectivity index (χ2v) is 6.94. The number of nitrogens with two attached hydrogens (primary N) is 1. The summed E-state index contributed by atoms with van der Waals surface area (Å²) in [5.74, 6) is 2.48. The van der Waals surface area contributed by atoms with E-state index in [1.165, 1.54) is 45.2 Å². The summed E-state index contributed by atoms with van der Waals surface area (Å²) in [5.41, 5.74) is 6.32. The molecule has 1 aliphatic carbocycles. The van der Waals surface area contributed by atoms with Gasteiger partial charge < -0.3 is 10.5 Å². The molecule has 0 aromatic rings. The second kappa shape index (κ2) is 6.55. The summed E-state index contributed by atoms with van der Waals surface area (Å²) in [6, 6.07) is 0. The Morgan fingerprint density at radius 1 is 1.21 bits per heavy atom. The molecule has 1 aliphatic heterocycles. The lowest BCUT2D eigenvalue weighted by Gasteiger charge is -2.43. The van der Waals surface area contributed by atoms with Gasteiger partial charge in [-0.2, -0.15) is 0 Å². The molecule has 0 spiro atoms. The van der Waals surface area contributed by atoms with Crippen molar-refractivity contribution in [1.29, 1.82) is 0 Å². The lowest BCUT2D eigenvalue weighted by atomic mass is 9.89. The molecule has 2 rings (SSSR count). The maximum absolute atomic E-state index is 6.19. The van der Waals surface area contributed by atoms with Crippen LogP contribution in [0, 0.1) is 17.8 Å². The molecular weight excluding hydrogens is 236 g/mol. The first-order chi connectivity index (χ1) is 9.14. The molecule has 1 heterocycles. The molecule has 0 aromatic carbocycles. The van der Waals surface area contributed by atoms with Gasteiger partial charge in [0.15, 0.2) is 0 Å². The highest BCUT2D eigenvalue weighted by Gasteiger charge is 2.48. The molecule has 0 aromatic heterocycles. The third-order valence-corrected chi connectivity index (χ3v) is 5.43. The van der Waals surface area contributed by atoms with Gasteiger partial charge in [-0.05, 0) is 62.9 Å². The van der Waals surface area contributed by atoms with Crippen molar-refractivity contribution in [2.24, 2.45) is 23.5 Å². The fourth-order valence-corrected chi connectivity index (χ4v) is 3.93. The van der Waals surface area contributed by atoms with Gasteiger partial charge in [0.25, 0.3) is 0 Å². The van der Waals surface area contributed by atoms with Crippen LogP contribution in [0.3, 0.4) is 0 Å². The zero-order valence-electron chi connectivity index (χ0n) is 13.0. The van der Waals surface area contributed by atoms with Crippen molar-refractivity contribution in [2.45, 2.75) is 51.5 Å². The van der Waals surface area contributed by atoms with E-state index in [-0.39, 0.29) is 5.54 Å². The maximum atomic E-state index is 6.19. The standard InChI is InChI=1S/C16H32N2O/c1-13(2)14-5-4-9-18(10-8-14)16(11-17,12-19-3)15-6-7-15/h13-15H,4-12,17H2,1-3H3. The molecule has 1 saturated carbocycles. The van der Waals surface area contributed by atoms with Gasteiger partial charge in [-0.15, -0.1) is 0 Å². The van der Waals surface area contributed by atoms with Gasteiger partial charge in [-0.1, -0.05) is 13.8 Å². The smallest absolute Gasteiger partial charge is 0.0661 e. The Bertz CT molecular complexity index is 278. The number of ether oxygens (including phenoxy) is 1. The highest BCUT2D eigenvalue weighted by Crippen LogP contribution is 2.44. The van der Waals surface area contributed by atoms with Gasteiger partial charge in [0.05, 0.1) is 12.1 Å². The highest BCUT2D eigenvalue weighted by molar-refractivity contribution is 5.04. The number of methoxy groups -OCH3 is 1. The topological polar surface area (TPSA) is 38.5 Å². The number of rotatable bonds is 6. The molecule has 3 nitrogen and oxygen atoms in total. The van der Waals surface area contributed by atoms with Crippen LogP contribution in [0.25, 0.3) is 0 Å². The Balaban J connectivity index is 2.05. The fourth-order valence-electron chi connectivity index (χ4n) is 3.93. The molecule has 112 valence electrons. The minimum atomic E-state index is 0.126. The van der Waals surface area contributed by atoms with Crippen molar-refractivity contribution in [3.05, 3.63) is 0 Å². The predicted molar refractivity (Wildman–Crippen MR) is 80.1 cm³/mol. The van der Waals surface area contributed by atoms with Crippen molar-refractivity contribution in [3.8, 4) is 0 Å². The second-order valence-electron chi connectivity index (χ2n) is 6.94. The van der Waals surface area contributed by atoms with Crippen LogP contribution in [0.2, 0.25) is 0 Å². The van der Waals surface area contributed by atoms with Crippen LogP contribution in [-0.4, -0.2) is 43.8 Å². The summed E-state index contributed by atoms with van der Waals surface area (Å²) in [7, 11) is 1.82. The molecule has 2 unspecified atom stereocenters. The highest BCUT2D eigenvalue weighted by atomic mass is 16.5. The van der Waals surface area contributed by atoms with Crippen molar-refractivity contribution in [3.63, 3.8) is 0 Å². The Morgan fingerprint density at radius 2 is 1.95 bits per heavy atom. The van der Waals surface area contributed by atoms with Gasteiger partial charge in [0.1, 0.15) is 0 Å². The van der Waals surface area contributed by atoms with Crippen LogP contribution >= 0.6 is 0 Å².